The van der Waals surface area contributed by atoms with Crippen molar-refractivity contribution >= 4 is 21.4 Å². The molecule has 1 aromatic heterocycles. The molecule has 0 aromatic carbocycles. The van der Waals surface area contributed by atoms with Gasteiger partial charge in [0.25, 0.3) is 0 Å². The lowest BCUT2D eigenvalue weighted by Crippen LogP contribution is -2.17. The van der Waals surface area contributed by atoms with Crippen LogP contribution in [0.25, 0.3) is 0 Å². The molecule has 1 rings (SSSR count). The van der Waals surface area contributed by atoms with Crippen LogP contribution < -0.4 is 5.14 Å². The van der Waals surface area contributed by atoms with Crippen molar-refractivity contribution in [1.82, 2.24) is 4.98 Å². The summed E-state index contributed by atoms with van der Waals surface area (Å²) in [6.45, 7) is 0. The molecule has 0 unspecified atom stereocenters. The van der Waals surface area contributed by atoms with Gasteiger partial charge in [-0.25, -0.2) is 18.5 Å². The van der Waals surface area contributed by atoms with E-state index in [4.69, 9.17) is 5.14 Å². The van der Waals surface area contributed by atoms with Crippen LogP contribution in [0.15, 0.2) is 10.9 Å². The second-order valence-corrected chi connectivity index (χ2v) is 4.55. The van der Waals surface area contributed by atoms with Gasteiger partial charge in [0.15, 0.2) is 0 Å². The molecule has 11 heavy (non-hydrogen) atoms. The maximum atomic E-state index is 10.5. The number of aryl methyl sites for hydroxylation is 1. The van der Waals surface area contributed by atoms with Gasteiger partial charge in [0.1, 0.15) is 0 Å². The molecule has 0 aliphatic rings. The summed E-state index contributed by atoms with van der Waals surface area (Å²) in [5, 5.41) is 6.61. The average Bonchev–Trinajstić information content (AvgIpc) is 2.32. The maximum absolute atomic E-state index is 10.5. The summed E-state index contributed by atoms with van der Waals surface area (Å²) in [4.78, 5) is 3.92. The molecule has 4 nitrogen and oxygen atoms in total. The highest BCUT2D eigenvalue weighted by molar-refractivity contribution is 7.89. The first-order chi connectivity index (χ1) is 5.08. The molecule has 1 aromatic rings. The van der Waals surface area contributed by atoms with E-state index in [0.29, 0.717) is 6.42 Å². The molecule has 0 saturated carbocycles. The molecule has 0 atom stereocenters. The Labute approximate surface area is 69.1 Å². The quantitative estimate of drug-likeness (QED) is 0.731. The third-order valence-corrected chi connectivity index (χ3v) is 2.53. The first-order valence-corrected chi connectivity index (χ1v) is 5.61. The lowest BCUT2D eigenvalue weighted by molar-refractivity contribution is 0.596. The lowest BCUT2D eigenvalue weighted by Gasteiger charge is -1.93. The minimum absolute atomic E-state index is 0.0310. The van der Waals surface area contributed by atoms with Crippen molar-refractivity contribution in [3.8, 4) is 0 Å². The number of thiazole rings is 1. The highest BCUT2D eigenvalue weighted by atomic mass is 32.2. The van der Waals surface area contributed by atoms with E-state index in [0.717, 1.165) is 5.69 Å². The van der Waals surface area contributed by atoms with Crippen LogP contribution in [0.4, 0.5) is 0 Å². The summed E-state index contributed by atoms with van der Waals surface area (Å²) in [6, 6.07) is 0. The average molecular weight is 192 g/mol. The standard InChI is InChI=1S/C5H8N2O2S2/c6-11(8,9)2-1-5-3-10-4-7-5/h3-4H,1-2H2,(H2,6,8,9). The molecule has 0 aliphatic carbocycles. The first kappa shape index (κ1) is 8.63. The van der Waals surface area contributed by atoms with Gasteiger partial charge in [-0.2, -0.15) is 0 Å². The van der Waals surface area contributed by atoms with Crippen molar-refractivity contribution in [2.45, 2.75) is 6.42 Å². The van der Waals surface area contributed by atoms with Crippen molar-refractivity contribution in [1.29, 1.82) is 0 Å². The van der Waals surface area contributed by atoms with Crippen LogP contribution >= 0.6 is 11.3 Å². The van der Waals surface area contributed by atoms with E-state index in [1.807, 2.05) is 5.38 Å². The van der Waals surface area contributed by atoms with E-state index in [1.54, 1.807) is 5.51 Å². The van der Waals surface area contributed by atoms with E-state index in [2.05, 4.69) is 4.98 Å². The molecule has 0 spiro atoms. The zero-order chi connectivity index (χ0) is 8.32. The van der Waals surface area contributed by atoms with Crippen LogP contribution in [0.3, 0.4) is 0 Å². The minimum Gasteiger partial charge on any atom is -0.250 e. The molecule has 0 radical (unpaired) electrons. The number of hydrogen-bond donors (Lipinski definition) is 1. The Hall–Kier alpha value is -0.460. The van der Waals surface area contributed by atoms with Gasteiger partial charge in [-0.3, -0.25) is 0 Å². The van der Waals surface area contributed by atoms with Crippen molar-refractivity contribution in [3.63, 3.8) is 0 Å². The Bertz CT molecular complexity index is 303. The van der Waals surface area contributed by atoms with E-state index < -0.39 is 10.0 Å². The van der Waals surface area contributed by atoms with E-state index in [-0.39, 0.29) is 5.75 Å². The fourth-order valence-corrected chi connectivity index (χ4v) is 1.69. The van der Waals surface area contributed by atoms with Gasteiger partial charge in [-0.15, -0.1) is 11.3 Å². The number of aromatic nitrogens is 1. The van der Waals surface area contributed by atoms with Crippen LogP contribution in [0.2, 0.25) is 0 Å². The van der Waals surface area contributed by atoms with Gasteiger partial charge < -0.3 is 0 Å². The Morgan fingerprint density at radius 1 is 1.64 bits per heavy atom. The van der Waals surface area contributed by atoms with Crippen LogP contribution in [-0.4, -0.2) is 19.2 Å². The van der Waals surface area contributed by atoms with Gasteiger partial charge in [-0.05, 0) is 0 Å². The highest BCUT2D eigenvalue weighted by Gasteiger charge is 2.03. The summed E-state index contributed by atoms with van der Waals surface area (Å²) in [5.41, 5.74) is 2.45. The van der Waals surface area contributed by atoms with E-state index in [1.165, 1.54) is 11.3 Å². The van der Waals surface area contributed by atoms with Crippen molar-refractivity contribution in [2.24, 2.45) is 5.14 Å². The third kappa shape index (κ3) is 3.45. The molecule has 0 amide bonds. The van der Waals surface area contributed by atoms with Crippen molar-refractivity contribution < 1.29 is 8.42 Å². The Morgan fingerprint density at radius 2 is 2.36 bits per heavy atom. The molecule has 1 heterocycles. The SMILES string of the molecule is NS(=O)(=O)CCc1cscn1. The van der Waals surface area contributed by atoms with Crippen molar-refractivity contribution in [3.05, 3.63) is 16.6 Å². The van der Waals surface area contributed by atoms with Crippen LogP contribution in [0.5, 0.6) is 0 Å². The second kappa shape index (κ2) is 3.29. The molecule has 0 saturated heterocycles. The van der Waals surface area contributed by atoms with Gasteiger partial charge in [0.2, 0.25) is 10.0 Å². The molecule has 0 bridgehead atoms. The largest absolute Gasteiger partial charge is 0.250 e. The fourth-order valence-electron chi connectivity index (χ4n) is 0.608. The van der Waals surface area contributed by atoms with Gasteiger partial charge >= 0.3 is 0 Å². The topological polar surface area (TPSA) is 73.1 Å². The Kier molecular flexibility index (Phi) is 2.58. The summed E-state index contributed by atoms with van der Waals surface area (Å²) in [6.07, 6.45) is 0.405. The summed E-state index contributed by atoms with van der Waals surface area (Å²) in [7, 11) is -3.34. The van der Waals surface area contributed by atoms with Gasteiger partial charge in [0.05, 0.1) is 17.0 Å². The lowest BCUT2D eigenvalue weighted by atomic mass is 10.4. The molecule has 2 N–H and O–H groups in total. The molecular weight excluding hydrogens is 184 g/mol. The summed E-state index contributed by atoms with van der Waals surface area (Å²) < 4.78 is 21.0. The smallest absolute Gasteiger partial charge is 0.209 e. The zero-order valence-corrected chi connectivity index (χ0v) is 7.36. The van der Waals surface area contributed by atoms with Gasteiger partial charge in [-0.1, -0.05) is 0 Å². The molecular formula is C5H8N2O2S2. The molecule has 0 aliphatic heterocycles. The number of primary sulfonamides is 1. The van der Waals surface area contributed by atoms with E-state index in [9.17, 15) is 8.42 Å². The Balaban J connectivity index is 2.48. The third-order valence-electron chi connectivity index (χ3n) is 1.13. The minimum atomic E-state index is -3.34. The predicted molar refractivity (Wildman–Crippen MR) is 43.8 cm³/mol. The second-order valence-electron chi connectivity index (χ2n) is 2.10. The van der Waals surface area contributed by atoms with Crippen LogP contribution in [-0.2, 0) is 16.4 Å². The molecule has 0 fully saturated rings. The number of rotatable bonds is 3. The number of sulfonamides is 1. The monoisotopic (exact) mass is 192 g/mol. The molecule has 62 valence electrons. The molecule has 6 heteroatoms. The number of nitrogens with two attached hydrogens (primary N) is 1. The highest BCUT2D eigenvalue weighted by Crippen LogP contribution is 2.01. The predicted octanol–water partition coefficient (Wildman–Crippen LogP) is -0.0259. The van der Waals surface area contributed by atoms with Gasteiger partial charge in [0, 0.05) is 11.8 Å². The normalized spacial score (nSPS) is 11.7. The Morgan fingerprint density at radius 3 is 2.82 bits per heavy atom. The van der Waals surface area contributed by atoms with Crippen LogP contribution in [0.1, 0.15) is 5.69 Å². The van der Waals surface area contributed by atoms with E-state index >= 15 is 0 Å². The number of hydrogen-bond acceptors (Lipinski definition) is 4. The fraction of sp³-hybridized carbons (Fsp3) is 0.400. The maximum Gasteiger partial charge on any atom is 0.209 e. The zero-order valence-electron chi connectivity index (χ0n) is 5.73. The number of nitrogens with zero attached hydrogens (tertiary/aromatic N) is 1. The summed E-state index contributed by atoms with van der Waals surface area (Å²) >= 11 is 1.44. The summed E-state index contributed by atoms with van der Waals surface area (Å²) in [5.74, 6) is -0.0310. The van der Waals surface area contributed by atoms with Crippen molar-refractivity contribution in [2.75, 3.05) is 5.75 Å². The first-order valence-electron chi connectivity index (χ1n) is 2.95. The van der Waals surface area contributed by atoms with Crippen LogP contribution in [0, 0.1) is 0 Å².